The Hall–Kier alpha value is -0.900. The summed E-state index contributed by atoms with van der Waals surface area (Å²) in [5.41, 5.74) is 1.19. The quantitative estimate of drug-likeness (QED) is 0.772. The Morgan fingerprint density at radius 2 is 2.19 bits per heavy atom. The molecule has 0 saturated carbocycles. The maximum absolute atomic E-state index is 4.01. The zero-order chi connectivity index (χ0) is 12.0. The first-order valence-electron chi connectivity index (χ1n) is 6.26. The van der Waals surface area contributed by atoms with Crippen molar-refractivity contribution < 1.29 is 0 Å². The lowest BCUT2D eigenvalue weighted by Gasteiger charge is -2.21. The summed E-state index contributed by atoms with van der Waals surface area (Å²) in [6.07, 6.45) is 5.39. The predicted octanol–water partition coefficient (Wildman–Crippen LogP) is 2.29. The van der Waals surface area contributed by atoms with Crippen molar-refractivity contribution in [3.63, 3.8) is 0 Å². The van der Waals surface area contributed by atoms with Crippen LogP contribution >= 0.6 is 0 Å². The van der Waals surface area contributed by atoms with Gasteiger partial charge in [-0.3, -0.25) is 4.68 Å². The van der Waals surface area contributed by atoms with Crippen molar-refractivity contribution in [2.24, 2.45) is 13.0 Å². The van der Waals surface area contributed by atoms with Crippen LogP contribution in [0.25, 0.3) is 0 Å². The van der Waals surface area contributed by atoms with Crippen molar-refractivity contribution in [1.82, 2.24) is 20.3 Å². The number of rotatable bonds is 7. The summed E-state index contributed by atoms with van der Waals surface area (Å²) in [4.78, 5) is 0. The second kappa shape index (κ2) is 6.63. The maximum Gasteiger partial charge on any atom is 0.0753 e. The van der Waals surface area contributed by atoms with Gasteiger partial charge in [0.25, 0.3) is 0 Å². The minimum absolute atomic E-state index is 0.384. The van der Waals surface area contributed by atoms with E-state index in [2.05, 4.69) is 36.4 Å². The molecule has 0 aliphatic rings. The summed E-state index contributed by atoms with van der Waals surface area (Å²) < 4.78 is 1.87. The van der Waals surface area contributed by atoms with Gasteiger partial charge in [0, 0.05) is 7.05 Å². The lowest BCUT2D eigenvalue weighted by atomic mass is 9.97. The van der Waals surface area contributed by atoms with Crippen molar-refractivity contribution in [3.8, 4) is 0 Å². The highest BCUT2D eigenvalue weighted by atomic mass is 15.4. The van der Waals surface area contributed by atoms with E-state index in [0.29, 0.717) is 6.04 Å². The van der Waals surface area contributed by atoms with E-state index in [9.17, 15) is 0 Å². The fourth-order valence-corrected chi connectivity index (χ4v) is 1.81. The molecule has 4 heteroatoms. The lowest BCUT2D eigenvalue weighted by molar-refractivity contribution is 0.386. The monoisotopic (exact) mass is 224 g/mol. The standard InChI is InChI=1S/C12H24N4/c1-5-7-13-11(8-10(3)6-2)12-9-14-15-16(12)4/h9-11,13H,5-8H2,1-4H3. The highest BCUT2D eigenvalue weighted by Gasteiger charge is 2.17. The molecule has 92 valence electrons. The van der Waals surface area contributed by atoms with E-state index >= 15 is 0 Å². The van der Waals surface area contributed by atoms with Crippen LogP contribution in [0.5, 0.6) is 0 Å². The molecule has 1 N–H and O–H groups in total. The molecule has 0 amide bonds. The topological polar surface area (TPSA) is 42.7 Å². The SMILES string of the molecule is CCCNC(CC(C)CC)c1cnnn1C. The third-order valence-corrected chi connectivity index (χ3v) is 3.08. The fraction of sp³-hybridized carbons (Fsp3) is 0.833. The van der Waals surface area contributed by atoms with Crippen LogP contribution in [0.4, 0.5) is 0 Å². The van der Waals surface area contributed by atoms with Gasteiger partial charge in [-0.2, -0.15) is 0 Å². The Labute approximate surface area is 98.4 Å². The van der Waals surface area contributed by atoms with E-state index in [1.807, 2.05) is 17.9 Å². The molecule has 0 bridgehead atoms. The molecular weight excluding hydrogens is 200 g/mol. The van der Waals surface area contributed by atoms with Crippen molar-refractivity contribution in [2.75, 3.05) is 6.54 Å². The number of aromatic nitrogens is 3. The second-order valence-electron chi connectivity index (χ2n) is 4.54. The van der Waals surface area contributed by atoms with Gasteiger partial charge in [-0.1, -0.05) is 32.4 Å². The molecule has 16 heavy (non-hydrogen) atoms. The molecule has 2 atom stereocenters. The molecule has 4 nitrogen and oxygen atoms in total. The van der Waals surface area contributed by atoms with Crippen molar-refractivity contribution in [2.45, 2.75) is 46.1 Å². The number of nitrogens with one attached hydrogen (secondary N) is 1. The number of aryl methyl sites for hydroxylation is 1. The molecular formula is C12H24N4. The molecule has 1 aromatic heterocycles. The third kappa shape index (κ3) is 3.59. The van der Waals surface area contributed by atoms with E-state index < -0.39 is 0 Å². The Bertz CT molecular complexity index is 295. The van der Waals surface area contributed by atoms with Crippen molar-refractivity contribution >= 4 is 0 Å². The molecule has 0 aliphatic carbocycles. The summed E-state index contributed by atoms with van der Waals surface area (Å²) in [7, 11) is 1.96. The molecule has 0 radical (unpaired) electrons. The van der Waals surface area contributed by atoms with Gasteiger partial charge < -0.3 is 5.32 Å². The van der Waals surface area contributed by atoms with Crippen LogP contribution in [-0.2, 0) is 7.05 Å². The van der Waals surface area contributed by atoms with Gasteiger partial charge in [-0.25, -0.2) is 0 Å². The Morgan fingerprint density at radius 3 is 2.69 bits per heavy atom. The first-order chi connectivity index (χ1) is 7.69. The first kappa shape index (κ1) is 13.2. The summed E-state index contributed by atoms with van der Waals surface area (Å²) >= 11 is 0. The molecule has 1 aromatic rings. The van der Waals surface area contributed by atoms with Gasteiger partial charge in [-0.05, 0) is 25.3 Å². The van der Waals surface area contributed by atoms with Crippen LogP contribution in [0.1, 0.15) is 51.8 Å². The summed E-state index contributed by atoms with van der Waals surface area (Å²) in [5.74, 6) is 0.726. The van der Waals surface area contributed by atoms with Gasteiger partial charge in [0.15, 0.2) is 0 Å². The van der Waals surface area contributed by atoms with Gasteiger partial charge >= 0.3 is 0 Å². The minimum Gasteiger partial charge on any atom is -0.309 e. The minimum atomic E-state index is 0.384. The Morgan fingerprint density at radius 1 is 1.44 bits per heavy atom. The van der Waals surface area contributed by atoms with Crippen molar-refractivity contribution in [3.05, 3.63) is 11.9 Å². The van der Waals surface area contributed by atoms with Crippen LogP contribution < -0.4 is 5.32 Å². The number of hydrogen-bond acceptors (Lipinski definition) is 3. The second-order valence-corrected chi connectivity index (χ2v) is 4.54. The van der Waals surface area contributed by atoms with Crippen LogP contribution in [0.2, 0.25) is 0 Å². The highest BCUT2D eigenvalue weighted by molar-refractivity contribution is 5.02. The molecule has 1 heterocycles. The molecule has 2 unspecified atom stereocenters. The van der Waals surface area contributed by atoms with Gasteiger partial charge in [0.1, 0.15) is 0 Å². The Balaban J connectivity index is 2.67. The van der Waals surface area contributed by atoms with E-state index in [4.69, 9.17) is 0 Å². The van der Waals surface area contributed by atoms with Crippen LogP contribution in [0, 0.1) is 5.92 Å². The average molecular weight is 224 g/mol. The fourth-order valence-electron chi connectivity index (χ4n) is 1.81. The van der Waals surface area contributed by atoms with E-state index in [-0.39, 0.29) is 0 Å². The smallest absolute Gasteiger partial charge is 0.0753 e. The molecule has 0 aromatic carbocycles. The van der Waals surface area contributed by atoms with E-state index in [0.717, 1.165) is 25.3 Å². The molecule has 1 rings (SSSR count). The Kier molecular flexibility index (Phi) is 5.46. The highest BCUT2D eigenvalue weighted by Crippen LogP contribution is 2.21. The summed E-state index contributed by atoms with van der Waals surface area (Å²) in [6, 6.07) is 0.384. The van der Waals surface area contributed by atoms with E-state index in [1.165, 1.54) is 12.1 Å². The van der Waals surface area contributed by atoms with Crippen LogP contribution in [0.3, 0.4) is 0 Å². The zero-order valence-electron chi connectivity index (χ0n) is 10.9. The third-order valence-electron chi connectivity index (χ3n) is 3.08. The summed E-state index contributed by atoms with van der Waals surface area (Å²) in [6.45, 7) is 7.77. The lowest BCUT2D eigenvalue weighted by Crippen LogP contribution is -2.25. The largest absolute Gasteiger partial charge is 0.309 e. The summed E-state index contributed by atoms with van der Waals surface area (Å²) in [5, 5.41) is 11.5. The normalized spacial score (nSPS) is 15.0. The molecule has 0 aliphatic heterocycles. The number of nitrogens with zero attached hydrogens (tertiary/aromatic N) is 3. The zero-order valence-corrected chi connectivity index (χ0v) is 10.9. The van der Waals surface area contributed by atoms with Crippen LogP contribution in [-0.4, -0.2) is 21.5 Å². The molecule has 0 fully saturated rings. The first-order valence-corrected chi connectivity index (χ1v) is 6.26. The van der Waals surface area contributed by atoms with Gasteiger partial charge in [-0.15, -0.1) is 5.10 Å². The molecule has 0 saturated heterocycles. The predicted molar refractivity (Wildman–Crippen MR) is 66.1 cm³/mol. The average Bonchev–Trinajstić information content (AvgIpc) is 2.70. The van der Waals surface area contributed by atoms with Gasteiger partial charge in [0.05, 0.1) is 17.9 Å². The van der Waals surface area contributed by atoms with Gasteiger partial charge in [0.2, 0.25) is 0 Å². The molecule has 0 spiro atoms. The van der Waals surface area contributed by atoms with Crippen molar-refractivity contribution in [1.29, 1.82) is 0 Å². The number of hydrogen-bond donors (Lipinski definition) is 1. The van der Waals surface area contributed by atoms with E-state index in [1.54, 1.807) is 0 Å². The maximum atomic E-state index is 4.01. The van der Waals surface area contributed by atoms with Crippen LogP contribution in [0.15, 0.2) is 6.20 Å².